The van der Waals surface area contributed by atoms with Crippen molar-refractivity contribution in [3.63, 3.8) is 0 Å². The van der Waals surface area contributed by atoms with E-state index in [1.807, 2.05) is 43.5 Å². The van der Waals surface area contributed by atoms with Crippen LogP contribution in [0.2, 0.25) is 0 Å². The number of nitrogens with zero attached hydrogens (tertiary/aromatic N) is 6. The van der Waals surface area contributed by atoms with E-state index in [1.165, 1.54) is 6.20 Å². The quantitative estimate of drug-likeness (QED) is 0.526. The average molecular weight is 400 g/mol. The minimum Gasteiger partial charge on any atom is -0.368 e. The van der Waals surface area contributed by atoms with Crippen LogP contribution in [0.3, 0.4) is 0 Å². The van der Waals surface area contributed by atoms with Crippen LogP contribution in [0.15, 0.2) is 61.1 Å². The van der Waals surface area contributed by atoms with Gasteiger partial charge in [0.25, 0.3) is 5.91 Å². The van der Waals surface area contributed by atoms with Crippen LogP contribution in [0.25, 0.3) is 16.6 Å². The molecule has 5 rings (SSSR count). The fourth-order valence-corrected chi connectivity index (χ4v) is 3.61. The summed E-state index contributed by atoms with van der Waals surface area (Å²) in [5.41, 5.74) is 4.87. The number of carbonyl (C=O) groups is 1. The Labute approximate surface area is 173 Å². The van der Waals surface area contributed by atoms with Crippen molar-refractivity contribution in [2.24, 2.45) is 0 Å². The molecule has 150 valence electrons. The molecule has 1 unspecified atom stereocenters. The highest BCUT2D eigenvalue weighted by Crippen LogP contribution is 2.27. The molecule has 1 saturated heterocycles. The van der Waals surface area contributed by atoms with E-state index < -0.39 is 0 Å². The van der Waals surface area contributed by atoms with Crippen molar-refractivity contribution in [1.82, 2.24) is 29.7 Å². The Morgan fingerprint density at radius 3 is 2.73 bits per heavy atom. The highest BCUT2D eigenvalue weighted by Gasteiger charge is 2.29. The molecule has 3 aromatic heterocycles. The molecular weight excluding hydrogens is 380 g/mol. The number of pyridine rings is 1. The summed E-state index contributed by atoms with van der Waals surface area (Å²) in [5.74, 6) is -0.154. The minimum atomic E-state index is -0.346. The lowest BCUT2D eigenvalue weighted by molar-refractivity contribution is -0.0243. The number of rotatable bonds is 3. The van der Waals surface area contributed by atoms with Gasteiger partial charge < -0.3 is 9.64 Å². The van der Waals surface area contributed by atoms with Gasteiger partial charge in [0, 0.05) is 24.5 Å². The molecule has 1 aliphatic rings. The highest BCUT2D eigenvalue weighted by atomic mass is 16.5. The molecule has 0 bridgehead atoms. The SMILES string of the molecule is Cc1cnc(C(=O)N2CCOC(c3nnn4cc(-c5ccccc5)ccc34)C2)cn1. The molecule has 1 aromatic carbocycles. The Hall–Kier alpha value is -3.65. The van der Waals surface area contributed by atoms with Crippen LogP contribution < -0.4 is 0 Å². The van der Waals surface area contributed by atoms with Gasteiger partial charge in [-0.05, 0) is 18.6 Å². The Bertz CT molecular complexity index is 1190. The van der Waals surface area contributed by atoms with Gasteiger partial charge in [-0.15, -0.1) is 5.10 Å². The number of aryl methyl sites for hydroxylation is 1. The van der Waals surface area contributed by atoms with Crippen molar-refractivity contribution in [1.29, 1.82) is 0 Å². The Kier molecular flexibility index (Phi) is 4.68. The number of benzene rings is 1. The van der Waals surface area contributed by atoms with Crippen LogP contribution >= 0.6 is 0 Å². The van der Waals surface area contributed by atoms with Crippen LogP contribution in [0, 0.1) is 6.92 Å². The zero-order chi connectivity index (χ0) is 20.5. The van der Waals surface area contributed by atoms with Gasteiger partial charge in [0.05, 0.1) is 30.6 Å². The third-order valence-electron chi connectivity index (χ3n) is 5.21. The topological polar surface area (TPSA) is 85.5 Å². The Morgan fingerprint density at radius 1 is 1.07 bits per heavy atom. The van der Waals surface area contributed by atoms with Crippen molar-refractivity contribution >= 4 is 11.4 Å². The maximum absolute atomic E-state index is 12.8. The summed E-state index contributed by atoms with van der Waals surface area (Å²) in [6.45, 7) is 3.16. The van der Waals surface area contributed by atoms with Gasteiger partial charge in [0.2, 0.25) is 0 Å². The van der Waals surface area contributed by atoms with Crippen molar-refractivity contribution in [2.45, 2.75) is 13.0 Å². The molecule has 1 aliphatic heterocycles. The molecule has 0 spiro atoms. The molecule has 0 radical (unpaired) electrons. The van der Waals surface area contributed by atoms with E-state index in [9.17, 15) is 4.79 Å². The monoisotopic (exact) mass is 400 g/mol. The number of aromatic nitrogens is 5. The molecule has 8 heteroatoms. The summed E-state index contributed by atoms with van der Waals surface area (Å²) in [6, 6.07) is 14.2. The first-order valence-corrected chi connectivity index (χ1v) is 9.79. The lowest BCUT2D eigenvalue weighted by Gasteiger charge is -2.31. The smallest absolute Gasteiger partial charge is 0.274 e. The van der Waals surface area contributed by atoms with Gasteiger partial charge in [-0.1, -0.05) is 41.6 Å². The van der Waals surface area contributed by atoms with E-state index in [0.717, 1.165) is 28.0 Å². The van der Waals surface area contributed by atoms with E-state index in [2.05, 4.69) is 32.4 Å². The first-order chi connectivity index (χ1) is 14.7. The maximum atomic E-state index is 12.8. The summed E-state index contributed by atoms with van der Waals surface area (Å²) in [7, 11) is 0. The lowest BCUT2D eigenvalue weighted by Crippen LogP contribution is -2.42. The third kappa shape index (κ3) is 3.42. The predicted octanol–water partition coefficient (Wildman–Crippen LogP) is 2.71. The van der Waals surface area contributed by atoms with E-state index in [4.69, 9.17) is 4.74 Å². The fraction of sp³-hybridized carbons (Fsp3) is 0.227. The second-order valence-corrected chi connectivity index (χ2v) is 7.24. The highest BCUT2D eigenvalue weighted by molar-refractivity contribution is 5.92. The number of fused-ring (bicyclic) bond motifs is 1. The van der Waals surface area contributed by atoms with Crippen LogP contribution in [-0.4, -0.2) is 55.3 Å². The molecule has 8 nitrogen and oxygen atoms in total. The summed E-state index contributed by atoms with van der Waals surface area (Å²) in [4.78, 5) is 22.9. The van der Waals surface area contributed by atoms with Gasteiger partial charge in [-0.2, -0.15) is 0 Å². The van der Waals surface area contributed by atoms with Crippen molar-refractivity contribution in [2.75, 3.05) is 19.7 Å². The number of amides is 1. The van der Waals surface area contributed by atoms with E-state index in [1.54, 1.807) is 15.6 Å². The number of morpholine rings is 1. The molecule has 0 N–H and O–H groups in total. The van der Waals surface area contributed by atoms with Crippen molar-refractivity contribution < 1.29 is 9.53 Å². The van der Waals surface area contributed by atoms with Gasteiger partial charge in [0.15, 0.2) is 0 Å². The maximum Gasteiger partial charge on any atom is 0.274 e. The van der Waals surface area contributed by atoms with E-state index in [-0.39, 0.29) is 12.0 Å². The van der Waals surface area contributed by atoms with Crippen LogP contribution in [0.1, 0.15) is 28.0 Å². The molecule has 0 saturated carbocycles. The number of hydrogen-bond donors (Lipinski definition) is 0. The van der Waals surface area contributed by atoms with Gasteiger partial charge in [-0.25, -0.2) is 9.50 Å². The number of carbonyl (C=O) groups excluding carboxylic acids is 1. The lowest BCUT2D eigenvalue weighted by atomic mass is 10.1. The summed E-state index contributed by atoms with van der Waals surface area (Å²) < 4.78 is 7.69. The van der Waals surface area contributed by atoms with Crippen molar-refractivity contribution in [3.05, 3.63) is 78.1 Å². The van der Waals surface area contributed by atoms with E-state index >= 15 is 0 Å². The zero-order valence-corrected chi connectivity index (χ0v) is 16.5. The second kappa shape index (κ2) is 7.64. The Morgan fingerprint density at radius 2 is 1.93 bits per heavy atom. The van der Waals surface area contributed by atoms with Gasteiger partial charge in [-0.3, -0.25) is 9.78 Å². The second-order valence-electron chi connectivity index (χ2n) is 7.24. The minimum absolute atomic E-state index is 0.154. The van der Waals surface area contributed by atoms with Gasteiger partial charge >= 0.3 is 0 Å². The molecule has 4 aromatic rings. The number of ether oxygens (including phenoxy) is 1. The largest absolute Gasteiger partial charge is 0.368 e. The zero-order valence-electron chi connectivity index (χ0n) is 16.5. The fourth-order valence-electron chi connectivity index (χ4n) is 3.61. The Balaban J connectivity index is 1.39. The predicted molar refractivity (Wildman–Crippen MR) is 110 cm³/mol. The third-order valence-corrected chi connectivity index (χ3v) is 5.21. The summed E-state index contributed by atoms with van der Waals surface area (Å²) in [5, 5.41) is 8.63. The molecule has 1 fully saturated rings. The average Bonchev–Trinajstić information content (AvgIpc) is 3.23. The van der Waals surface area contributed by atoms with Crippen LogP contribution in [0.4, 0.5) is 0 Å². The van der Waals surface area contributed by atoms with Crippen LogP contribution in [-0.2, 0) is 4.74 Å². The van der Waals surface area contributed by atoms with E-state index in [0.29, 0.717) is 25.4 Å². The molecule has 1 amide bonds. The number of hydrogen-bond acceptors (Lipinski definition) is 6. The molecule has 0 aliphatic carbocycles. The molecule has 30 heavy (non-hydrogen) atoms. The summed E-state index contributed by atoms with van der Waals surface area (Å²) >= 11 is 0. The first-order valence-electron chi connectivity index (χ1n) is 9.79. The van der Waals surface area contributed by atoms with Crippen LogP contribution in [0.5, 0.6) is 0 Å². The molecule has 1 atom stereocenters. The van der Waals surface area contributed by atoms with Gasteiger partial charge in [0.1, 0.15) is 17.5 Å². The molecular formula is C22H20N6O2. The summed E-state index contributed by atoms with van der Waals surface area (Å²) in [6.07, 6.45) is 4.72. The normalized spacial score (nSPS) is 16.7. The first kappa shape index (κ1) is 18.4. The van der Waals surface area contributed by atoms with Crippen molar-refractivity contribution in [3.8, 4) is 11.1 Å². The standard InChI is InChI=1S/C22H20N6O2/c1-15-11-24-18(12-23-15)22(29)27-9-10-30-20(14-27)21-19-8-7-17(13-28(19)26-25-21)16-5-3-2-4-6-16/h2-8,11-13,20H,9-10,14H2,1H3. The molecule has 4 heterocycles.